The number of hydrogen-bond acceptors (Lipinski definition) is 3. The van der Waals surface area contributed by atoms with Crippen LogP contribution in [0.25, 0.3) is 22.3 Å². The summed E-state index contributed by atoms with van der Waals surface area (Å²) < 4.78 is 11.1. The second-order valence-electron chi connectivity index (χ2n) is 6.94. The third-order valence-electron chi connectivity index (χ3n) is 5.47. The summed E-state index contributed by atoms with van der Waals surface area (Å²) in [6, 6.07) is 21.7. The molecule has 0 radical (unpaired) electrons. The molecule has 1 aliphatic heterocycles. The van der Waals surface area contributed by atoms with Crippen LogP contribution in [0, 0.1) is 0 Å². The number of benzene rings is 3. The van der Waals surface area contributed by atoms with Crippen LogP contribution < -0.4 is 14.4 Å². The van der Waals surface area contributed by atoms with E-state index in [2.05, 4.69) is 67.3 Å². The van der Waals surface area contributed by atoms with Gasteiger partial charge < -0.3 is 14.4 Å². The maximum absolute atomic E-state index is 5.53. The standard InChI is InChI=1S/C24H25NO2/c1-5-16(2)25-23-12-10-17(26-3)14-21(23)19-8-6-7-9-20(19)22-15-18(27-4)11-13-24(22)25/h6-16H,5H2,1-4H3. The Morgan fingerprint density at radius 3 is 1.63 bits per heavy atom. The van der Waals surface area contributed by atoms with E-state index in [1.165, 1.54) is 33.6 Å². The van der Waals surface area contributed by atoms with Crippen LogP contribution in [0.1, 0.15) is 20.3 Å². The van der Waals surface area contributed by atoms with Crippen molar-refractivity contribution in [3.05, 3.63) is 60.7 Å². The lowest BCUT2D eigenvalue weighted by atomic mass is 9.94. The van der Waals surface area contributed by atoms with Crippen molar-refractivity contribution in [1.82, 2.24) is 0 Å². The van der Waals surface area contributed by atoms with E-state index in [1.807, 2.05) is 12.1 Å². The maximum atomic E-state index is 5.53. The van der Waals surface area contributed by atoms with E-state index in [0.29, 0.717) is 6.04 Å². The van der Waals surface area contributed by atoms with Gasteiger partial charge in [0.05, 0.1) is 14.2 Å². The highest BCUT2D eigenvalue weighted by atomic mass is 16.5. The molecule has 0 fully saturated rings. The van der Waals surface area contributed by atoms with Crippen molar-refractivity contribution in [2.45, 2.75) is 26.3 Å². The van der Waals surface area contributed by atoms with Crippen molar-refractivity contribution in [3.8, 4) is 33.8 Å². The van der Waals surface area contributed by atoms with E-state index >= 15 is 0 Å². The topological polar surface area (TPSA) is 21.7 Å². The van der Waals surface area contributed by atoms with E-state index in [9.17, 15) is 0 Å². The lowest BCUT2D eigenvalue weighted by molar-refractivity contribution is 0.415. The molecule has 4 rings (SSSR count). The van der Waals surface area contributed by atoms with Gasteiger partial charge in [-0.05, 0) is 60.9 Å². The lowest BCUT2D eigenvalue weighted by Crippen LogP contribution is -2.28. The monoisotopic (exact) mass is 359 g/mol. The molecule has 3 heteroatoms. The molecule has 0 aromatic heterocycles. The quantitative estimate of drug-likeness (QED) is 0.546. The fourth-order valence-electron chi connectivity index (χ4n) is 3.88. The smallest absolute Gasteiger partial charge is 0.119 e. The molecule has 0 spiro atoms. The Morgan fingerprint density at radius 2 is 1.22 bits per heavy atom. The summed E-state index contributed by atoms with van der Waals surface area (Å²) in [7, 11) is 3.44. The van der Waals surface area contributed by atoms with Crippen LogP contribution in [0.4, 0.5) is 11.4 Å². The molecule has 1 heterocycles. The van der Waals surface area contributed by atoms with Gasteiger partial charge in [-0.1, -0.05) is 31.2 Å². The van der Waals surface area contributed by atoms with Crippen LogP contribution in [-0.4, -0.2) is 20.3 Å². The van der Waals surface area contributed by atoms with Gasteiger partial charge in [-0.25, -0.2) is 0 Å². The third kappa shape index (κ3) is 2.84. The average molecular weight is 359 g/mol. The second kappa shape index (κ2) is 6.99. The predicted octanol–water partition coefficient (Wildman–Crippen LogP) is 6.29. The molecule has 0 aliphatic carbocycles. The Kier molecular flexibility index (Phi) is 4.53. The van der Waals surface area contributed by atoms with Gasteiger partial charge in [-0.3, -0.25) is 0 Å². The van der Waals surface area contributed by atoms with Crippen molar-refractivity contribution < 1.29 is 9.47 Å². The van der Waals surface area contributed by atoms with Crippen LogP contribution in [0.3, 0.4) is 0 Å². The summed E-state index contributed by atoms with van der Waals surface area (Å²) >= 11 is 0. The summed E-state index contributed by atoms with van der Waals surface area (Å²) in [6.45, 7) is 4.51. The molecule has 1 aliphatic rings. The summed E-state index contributed by atoms with van der Waals surface area (Å²) in [5, 5.41) is 0. The molecule has 3 nitrogen and oxygen atoms in total. The van der Waals surface area contributed by atoms with Crippen LogP contribution in [0.5, 0.6) is 11.5 Å². The van der Waals surface area contributed by atoms with Crippen LogP contribution in [-0.2, 0) is 0 Å². The SMILES string of the molecule is CCC(C)N1c2ccc(OC)cc2-c2ccccc2-c2cc(OC)ccc21. The van der Waals surface area contributed by atoms with Gasteiger partial charge in [0.2, 0.25) is 0 Å². The number of rotatable bonds is 4. The lowest BCUT2D eigenvalue weighted by Gasteiger charge is -2.32. The van der Waals surface area contributed by atoms with E-state index in [4.69, 9.17) is 9.47 Å². The van der Waals surface area contributed by atoms with Crippen LogP contribution in [0.15, 0.2) is 60.7 Å². The number of methoxy groups -OCH3 is 2. The van der Waals surface area contributed by atoms with E-state index in [1.54, 1.807) is 14.2 Å². The maximum Gasteiger partial charge on any atom is 0.119 e. The number of nitrogens with zero attached hydrogens (tertiary/aromatic N) is 1. The normalized spacial score (nSPS) is 13.1. The fourth-order valence-corrected chi connectivity index (χ4v) is 3.88. The molecule has 3 aromatic rings. The van der Waals surface area contributed by atoms with Crippen molar-refractivity contribution in [2.24, 2.45) is 0 Å². The summed E-state index contributed by atoms with van der Waals surface area (Å²) in [5.41, 5.74) is 7.24. The molecule has 138 valence electrons. The summed E-state index contributed by atoms with van der Waals surface area (Å²) in [4.78, 5) is 2.45. The molecule has 1 unspecified atom stereocenters. The minimum Gasteiger partial charge on any atom is -0.497 e. The molecule has 0 N–H and O–H groups in total. The Hall–Kier alpha value is -2.94. The first-order chi connectivity index (χ1) is 13.2. The predicted molar refractivity (Wildman–Crippen MR) is 112 cm³/mol. The number of anilines is 2. The van der Waals surface area contributed by atoms with Crippen molar-refractivity contribution in [1.29, 1.82) is 0 Å². The molecule has 3 aromatic carbocycles. The number of hydrogen-bond donors (Lipinski definition) is 0. The van der Waals surface area contributed by atoms with Gasteiger partial charge in [-0.15, -0.1) is 0 Å². The van der Waals surface area contributed by atoms with Crippen molar-refractivity contribution >= 4 is 11.4 Å². The van der Waals surface area contributed by atoms with E-state index in [0.717, 1.165) is 17.9 Å². The Morgan fingerprint density at radius 1 is 0.741 bits per heavy atom. The van der Waals surface area contributed by atoms with E-state index in [-0.39, 0.29) is 0 Å². The van der Waals surface area contributed by atoms with Crippen LogP contribution >= 0.6 is 0 Å². The van der Waals surface area contributed by atoms with Gasteiger partial charge in [0, 0.05) is 28.5 Å². The number of fused-ring (bicyclic) bond motifs is 5. The zero-order valence-corrected chi connectivity index (χ0v) is 16.3. The van der Waals surface area contributed by atoms with Gasteiger partial charge in [0.1, 0.15) is 11.5 Å². The first-order valence-electron chi connectivity index (χ1n) is 9.43. The zero-order chi connectivity index (χ0) is 19.0. The Labute approximate surface area is 161 Å². The van der Waals surface area contributed by atoms with Gasteiger partial charge >= 0.3 is 0 Å². The zero-order valence-electron chi connectivity index (χ0n) is 16.3. The average Bonchev–Trinajstić information content (AvgIpc) is 2.85. The molecular formula is C24H25NO2. The van der Waals surface area contributed by atoms with E-state index < -0.39 is 0 Å². The third-order valence-corrected chi connectivity index (χ3v) is 5.47. The van der Waals surface area contributed by atoms with Crippen LogP contribution in [0.2, 0.25) is 0 Å². The largest absolute Gasteiger partial charge is 0.497 e. The highest BCUT2D eigenvalue weighted by molar-refractivity contribution is 6.00. The van der Waals surface area contributed by atoms with Gasteiger partial charge in [0.15, 0.2) is 0 Å². The highest BCUT2D eigenvalue weighted by Gasteiger charge is 2.27. The molecular weight excluding hydrogens is 334 g/mol. The molecule has 0 saturated heterocycles. The second-order valence-corrected chi connectivity index (χ2v) is 6.94. The molecule has 0 amide bonds. The minimum atomic E-state index is 0.360. The molecule has 1 atom stereocenters. The highest BCUT2D eigenvalue weighted by Crippen LogP contribution is 2.50. The molecule has 0 saturated carbocycles. The van der Waals surface area contributed by atoms with Crippen molar-refractivity contribution in [2.75, 3.05) is 19.1 Å². The van der Waals surface area contributed by atoms with Crippen molar-refractivity contribution in [3.63, 3.8) is 0 Å². The first kappa shape index (κ1) is 17.5. The fraction of sp³-hybridized carbons (Fsp3) is 0.250. The Bertz CT molecular complexity index is 905. The molecule has 0 bridgehead atoms. The summed E-state index contributed by atoms with van der Waals surface area (Å²) in [5.74, 6) is 1.74. The first-order valence-corrected chi connectivity index (χ1v) is 9.43. The minimum absolute atomic E-state index is 0.360. The summed E-state index contributed by atoms with van der Waals surface area (Å²) in [6.07, 6.45) is 1.05. The van der Waals surface area contributed by atoms with Gasteiger partial charge in [0.25, 0.3) is 0 Å². The van der Waals surface area contributed by atoms with Gasteiger partial charge in [-0.2, -0.15) is 0 Å². The molecule has 27 heavy (non-hydrogen) atoms. The number of ether oxygens (including phenoxy) is 2. The Balaban J connectivity index is 2.10.